The molecule has 0 bridgehead atoms. The van der Waals surface area contributed by atoms with Gasteiger partial charge in [0.25, 0.3) is 0 Å². The minimum atomic E-state index is -0.936. The van der Waals surface area contributed by atoms with Crippen molar-refractivity contribution in [1.29, 1.82) is 0 Å². The van der Waals surface area contributed by atoms with E-state index in [1.165, 1.54) is 0 Å². The molecule has 0 radical (unpaired) electrons. The van der Waals surface area contributed by atoms with Gasteiger partial charge in [-0.1, -0.05) is 68.1 Å². The number of carbonyl (C=O) groups is 3. The number of nitrogens with one attached hydrogen (secondary N) is 2. The fraction of sp³-hybridized carbons (Fsp3) is 0.433. The number of benzene rings is 2. The van der Waals surface area contributed by atoms with Crippen LogP contribution >= 0.6 is 0 Å². The minimum Gasteiger partial charge on any atom is -0.444 e. The third kappa shape index (κ3) is 8.48. The van der Waals surface area contributed by atoms with Crippen molar-refractivity contribution in [3.63, 3.8) is 0 Å². The number of amides is 3. The monoisotopic (exact) mass is 507 g/mol. The molecule has 0 saturated carbocycles. The number of carbonyl (C=O) groups excluding carboxylic acids is 3. The van der Waals surface area contributed by atoms with Crippen molar-refractivity contribution in [2.24, 2.45) is 0 Å². The molecule has 0 fully saturated rings. The van der Waals surface area contributed by atoms with Crippen molar-refractivity contribution in [2.75, 3.05) is 0 Å². The Bertz CT molecular complexity index is 1090. The van der Waals surface area contributed by atoms with Crippen LogP contribution in [-0.2, 0) is 20.9 Å². The Kier molecular flexibility index (Phi) is 10.1. The Balaban J connectivity index is 2.49. The number of nitrogens with zero attached hydrogens (tertiary/aromatic N) is 1. The zero-order valence-corrected chi connectivity index (χ0v) is 23.1. The summed E-state index contributed by atoms with van der Waals surface area (Å²) in [6.07, 6.45) is 1.59. The molecule has 0 aliphatic carbocycles. The van der Waals surface area contributed by atoms with Crippen LogP contribution < -0.4 is 10.6 Å². The van der Waals surface area contributed by atoms with Gasteiger partial charge in [0.1, 0.15) is 17.7 Å². The van der Waals surface area contributed by atoms with E-state index in [0.29, 0.717) is 18.5 Å². The van der Waals surface area contributed by atoms with E-state index in [1.54, 1.807) is 38.7 Å². The normalized spacial score (nSPS) is 13.2. The molecule has 7 nitrogen and oxygen atoms in total. The van der Waals surface area contributed by atoms with Gasteiger partial charge in [0.15, 0.2) is 0 Å². The van der Waals surface area contributed by atoms with Crippen LogP contribution in [0.2, 0.25) is 0 Å². The van der Waals surface area contributed by atoms with Crippen LogP contribution in [0.15, 0.2) is 61.2 Å². The lowest BCUT2D eigenvalue weighted by Crippen LogP contribution is -2.58. The van der Waals surface area contributed by atoms with Crippen LogP contribution in [0.3, 0.4) is 0 Å². The van der Waals surface area contributed by atoms with E-state index in [-0.39, 0.29) is 11.8 Å². The standard InChI is InChI=1S/C30H41N3O4/c1-9-22-17-14-18-24(19-22)25(26(34)31-20-23-15-12-11-13-16-23)33(30(7,8)10-2)27(35)21(3)32-28(36)37-29(4,5)6/h9,11-19,21,25H,1,10,20H2,2-8H3,(H,31,34)(H,32,36). The van der Waals surface area contributed by atoms with Gasteiger partial charge in [-0.15, -0.1) is 0 Å². The minimum absolute atomic E-state index is 0.315. The molecule has 0 aliphatic heterocycles. The summed E-state index contributed by atoms with van der Waals surface area (Å²) >= 11 is 0. The maximum Gasteiger partial charge on any atom is 0.408 e. The van der Waals surface area contributed by atoms with E-state index in [1.807, 2.05) is 75.4 Å². The molecule has 2 unspecified atom stereocenters. The molecule has 0 saturated heterocycles. The summed E-state index contributed by atoms with van der Waals surface area (Å²) in [4.78, 5) is 41.8. The van der Waals surface area contributed by atoms with Gasteiger partial charge in [0.05, 0.1) is 0 Å². The van der Waals surface area contributed by atoms with Crippen LogP contribution in [0.5, 0.6) is 0 Å². The largest absolute Gasteiger partial charge is 0.444 e. The molecule has 3 amide bonds. The number of ether oxygens (including phenoxy) is 1. The van der Waals surface area contributed by atoms with E-state index >= 15 is 0 Å². The van der Waals surface area contributed by atoms with Crippen LogP contribution in [0.1, 0.15) is 77.6 Å². The summed E-state index contributed by atoms with van der Waals surface area (Å²) in [7, 11) is 0. The first kappa shape index (κ1) is 29.6. The molecule has 37 heavy (non-hydrogen) atoms. The second-order valence-corrected chi connectivity index (χ2v) is 10.7. The van der Waals surface area contributed by atoms with Crippen molar-refractivity contribution in [3.8, 4) is 0 Å². The average molecular weight is 508 g/mol. The molecule has 2 aromatic carbocycles. The van der Waals surface area contributed by atoms with E-state index < -0.39 is 29.3 Å². The third-order valence-corrected chi connectivity index (χ3v) is 6.14. The second-order valence-electron chi connectivity index (χ2n) is 10.7. The predicted molar refractivity (Wildman–Crippen MR) is 148 cm³/mol. The molecular weight excluding hydrogens is 466 g/mol. The molecule has 2 atom stereocenters. The summed E-state index contributed by atoms with van der Waals surface area (Å²) in [5, 5.41) is 5.64. The van der Waals surface area contributed by atoms with Crippen LogP contribution in [-0.4, -0.2) is 40.0 Å². The quantitative estimate of drug-likeness (QED) is 0.437. The molecule has 0 spiro atoms. The molecule has 7 heteroatoms. The second kappa shape index (κ2) is 12.6. The van der Waals surface area contributed by atoms with E-state index in [0.717, 1.165) is 11.1 Å². The van der Waals surface area contributed by atoms with Gasteiger partial charge in [0.2, 0.25) is 11.8 Å². The Morgan fingerprint density at radius 2 is 1.68 bits per heavy atom. The van der Waals surface area contributed by atoms with E-state index in [4.69, 9.17) is 4.74 Å². The van der Waals surface area contributed by atoms with Crippen molar-refractivity contribution in [2.45, 2.75) is 84.7 Å². The third-order valence-electron chi connectivity index (χ3n) is 6.14. The highest BCUT2D eigenvalue weighted by Crippen LogP contribution is 2.32. The summed E-state index contributed by atoms with van der Waals surface area (Å²) in [6, 6.07) is 15.2. The first-order chi connectivity index (χ1) is 17.3. The van der Waals surface area contributed by atoms with Crippen LogP contribution in [0.4, 0.5) is 4.79 Å². The highest BCUT2D eigenvalue weighted by atomic mass is 16.6. The molecule has 2 rings (SSSR count). The van der Waals surface area contributed by atoms with Gasteiger partial charge >= 0.3 is 6.09 Å². The summed E-state index contributed by atoms with van der Waals surface area (Å²) in [5.74, 6) is -0.703. The Morgan fingerprint density at radius 3 is 2.24 bits per heavy atom. The molecule has 0 heterocycles. The number of rotatable bonds is 10. The van der Waals surface area contributed by atoms with Gasteiger partial charge in [-0.3, -0.25) is 9.59 Å². The van der Waals surface area contributed by atoms with Crippen molar-refractivity contribution in [1.82, 2.24) is 15.5 Å². The molecule has 2 aromatic rings. The maximum atomic E-state index is 14.0. The highest BCUT2D eigenvalue weighted by Gasteiger charge is 2.42. The van der Waals surface area contributed by atoms with Gasteiger partial charge in [-0.2, -0.15) is 0 Å². The molecule has 2 N–H and O–H groups in total. The fourth-order valence-corrected chi connectivity index (χ4v) is 3.86. The summed E-state index contributed by atoms with van der Waals surface area (Å²) in [5.41, 5.74) is 1.02. The van der Waals surface area contributed by atoms with Gasteiger partial charge in [-0.25, -0.2) is 4.79 Å². The lowest BCUT2D eigenvalue weighted by atomic mass is 9.91. The van der Waals surface area contributed by atoms with Crippen LogP contribution in [0, 0.1) is 0 Å². The lowest BCUT2D eigenvalue weighted by Gasteiger charge is -2.44. The van der Waals surface area contributed by atoms with Crippen molar-refractivity contribution >= 4 is 24.0 Å². The van der Waals surface area contributed by atoms with Crippen LogP contribution in [0.25, 0.3) is 6.08 Å². The summed E-state index contributed by atoms with van der Waals surface area (Å²) < 4.78 is 5.35. The van der Waals surface area contributed by atoms with E-state index in [2.05, 4.69) is 17.2 Å². The summed E-state index contributed by atoms with van der Waals surface area (Å²) in [6.45, 7) is 16.8. The lowest BCUT2D eigenvalue weighted by molar-refractivity contribution is -0.149. The SMILES string of the molecule is C=Cc1cccc(C(C(=O)NCc2ccccc2)N(C(=O)C(C)NC(=O)OC(C)(C)C)C(C)(C)CC)c1. The molecular formula is C30H41N3O4. The van der Waals surface area contributed by atoms with Gasteiger partial charge in [0, 0.05) is 12.1 Å². The highest BCUT2D eigenvalue weighted by molar-refractivity contribution is 5.92. The molecule has 0 aliphatic rings. The maximum absolute atomic E-state index is 14.0. The molecule has 0 aromatic heterocycles. The average Bonchev–Trinajstić information content (AvgIpc) is 2.84. The van der Waals surface area contributed by atoms with E-state index in [9.17, 15) is 14.4 Å². The molecule has 200 valence electrons. The van der Waals surface area contributed by atoms with Gasteiger partial charge < -0.3 is 20.3 Å². The van der Waals surface area contributed by atoms with Crippen molar-refractivity contribution in [3.05, 3.63) is 77.9 Å². The van der Waals surface area contributed by atoms with Gasteiger partial charge in [-0.05, 0) is 70.7 Å². The zero-order valence-electron chi connectivity index (χ0n) is 23.1. The zero-order chi connectivity index (χ0) is 27.8. The van der Waals surface area contributed by atoms with Crippen molar-refractivity contribution < 1.29 is 19.1 Å². The number of hydrogen-bond donors (Lipinski definition) is 2. The topological polar surface area (TPSA) is 87.7 Å². The number of alkyl carbamates (subject to hydrolysis) is 1. The Labute approximate surface area is 221 Å². The fourth-order valence-electron chi connectivity index (χ4n) is 3.86. The predicted octanol–water partition coefficient (Wildman–Crippen LogP) is 5.62. The number of hydrogen-bond acceptors (Lipinski definition) is 4. The Morgan fingerprint density at radius 1 is 1.03 bits per heavy atom. The Hall–Kier alpha value is -3.61. The first-order valence-corrected chi connectivity index (χ1v) is 12.7. The first-order valence-electron chi connectivity index (χ1n) is 12.7. The smallest absolute Gasteiger partial charge is 0.408 e.